The zero-order chi connectivity index (χ0) is 12.8. The number of nitrogens with zero attached hydrogens (tertiary/aromatic N) is 4. The van der Waals surface area contributed by atoms with Crippen LogP contribution in [0.4, 0.5) is 0 Å². The predicted molar refractivity (Wildman–Crippen MR) is 68.0 cm³/mol. The minimum atomic E-state index is -0.495. The second-order valence-corrected chi connectivity index (χ2v) is 6.04. The van der Waals surface area contributed by atoms with Crippen molar-refractivity contribution in [2.75, 3.05) is 13.1 Å². The number of aliphatic hydroxyl groups is 1. The van der Waals surface area contributed by atoms with Gasteiger partial charge in [0.1, 0.15) is 11.6 Å². The van der Waals surface area contributed by atoms with Crippen molar-refractivity contribution in [3.8, 4) is 0 Å². The quantitative estimate of drug-likeness (QED) is 0.863. The van der Waals surface area contributed by atoms with E-state index in [1.165, 1.54) is 12.8 Å². The van der Waals surface area contributed by atoms with E-state index in [2.05, 4.69) is 33.5 Å². The number of β-amino-alcohol motifs (C(OH)–C–C–N with tert-alkyl or cyclic N) is 1. The highest BCUT2D eigenvalue weighted by Crippen LogP contribution is 2.29. The fourth-order valence-corrected chi connectivity index (χ4v) is 2.89. The fourth-order valence-electron chi connectivity index (χ4n) is 2.89. The van der Waals surface area contributed by atoms with Crippen LogP contribution in [0.1, 0.15) is 38.3 Å². The van der Waals surface area contributed by atoms with Crippen molar-refractivity contribution >= 4 is 0 Å². The molecule has 0 aliphatic carbocycles. The lowest BCUT2D eigenvalue weighted by molar-refractivity contribution is -0.131. The van der Waals surface area contributed by atoms with E-state index >= 15 is 0 Å². The van der Waals surface area contributed by atoms with Gasteiger partial charge in [-0.1, -0.05) is 13.8 Å². The topological polar surface area (TPSA) is 54.2 Å². The monoisotopic (exact) mass is 250 g/mol. The SMILES string of the molecule is CC(C)C1(O)CN(Cc2nnc3n2CCCC3)C1. The maximum atomic E-state index is 10.2. The van der Waals surface area contributed by atoms with E-state index < -0.39 is 5.60 Å². The van der Waals surface area contributed by atoms with Crippen LogP contribution in [0.15, 0.2) is 0 Å². The summed E-state index contributed by atoms with van der Waals surface area (Å²) in [7, 11) is 0. The Morgan fingerprint density at radius 1 is 1.28 bits per heavy atom. The number of hydrogen-bond acceptors (Lipinski definition) is 4. The van der Waals surface area contributed by atoms with Crippen molar-refractivity contribution in [1.82, 2.24) is 19.7 Å². The number of aromatic nitrogens is 3. The molecular weight excluding hydrogens is 228 g/mol. The summed E-state index contributed by atoms with van der Waals surface area (Å²) in [6.07, 6.45) is 3.52. The molecule has 2 aliphatic heterocycles. The predicted octanol–water partition coefficient (Wildman–Crippen LogP) is 0.817. The highest BCUT2D eigenvalue weighted by atomic mass is 16.3. The summed E-state index contributed by atoms with van der Waals surface area (Å²) in [5, 5.41) is 18.8. The molecule has 1 saturated heterocycles. The zero-order valence-electron chi connectivity index (χ0n) is 11.3. The van der Waals surface area contributed by atoms with E-state index in [1.54, 1.807) is 0 Å². The van der Waals surface area contributed by atoms with Crippen molar-refractivity contribution in [3.63, 3.8) is 0 Å². The van der Waals surface area contributed by atoms with Crippen LogP contribution in [0, 0.1) is 5.92 Å². The average molecular weight is 250 g/mol. The van der Waals surface area contributed by atoms with E-state index in [9.17, 15) is 5.11 Å². The minimum Gasteiger partial charge on any atom is -0.387 e. The minimum absolute atomic E-state index is 0.320. The van der Waals surface area contributed by atoms with E-state index in [0.717, 1.165) is 44.2 Å². The molecule has 1 aromatic rings. The molecule has 1 fully saturated rings. The van der Waals surface area contributed by atoms with Crippen molar-refractivity contribution in [3.05, 3.63) is 11.6 Å². The fraction of sp³-hybridized carbons (Fsp3) is 0.846. The number of hydrogen-bond donors (Lipinski definition) is 1. The Kier molecular flexibility index (Phi) is 2.90. The molecule has 0 amide bonds. The highest BCUT2D eigenvalue weighted by molar-refractivity contribution is 5.03. The van der Waals surface area contributed by atoms with Gasteiger partial charge in [-0.2, -0.15) is 0 Å². The summed E-state index contributed by atoms with van der Waals surface area (Å²) in [4.78, 5) is 2.26. The third-order valence-corrected chi connectivity index (χ3v) is 4.37. The molecule has 2 aliphatic rings. The van der Waals surface area contributed by atoms with E-state index in [1.807, 2.05) is 0 Å². The summed E-state index contributed by atoms with van der Waals surface area (Å²) in [6, 6.07) is 0. The Morgan fingerprint density at radius 2 is 2.06 bits per heavy atom. The van der Waals surface area contributed by atoms with Crippen molar-refractivity contribution in [2.24, 2.45) is 5.92 Å². The van der Waals surface area contributed by atoms with Gasteiger partial charge in [-0.25, -0.2) is 0 Å². The van der Waals surface area contributed by atoms with E-state index in [-0.39, 0.29) is 0 Å². The van der Waals surface area contributed by atoms with Crippen LogP contribution in [0.25, 0.3) is 0 Å². The Bertz CT molecular complexity index is 434. The number of fused-ring (bicyclic) bond motifs is 1. The zero-order valence-corrected chi connectivity index (χ0v) is 11.3. The van der Waals surface area contributed by atoms with Crippen molar-refractivity contribution in [2.45, 2.75) is 51.8 Å². The molecule has 0 spiro atoms. The lowest BCUT2D eigenvalue weighted by Gasteiger charge is -2.49. The molecular formula is C13H22N4O. The third kappa shape index (κ3) is 1.95. The summed E-state index contributed by atoms with van der Waals surface area (Å²) < 4.78 is 2.26. The molecule has 5 nitrogen and oxygen atoms in total. The maximum absolute atomic E-state index is 10.2. The molecule has 3 rings (SSSR count). The second-order valence-electron chi connectivity index (χ2n) is 6.04. The molecule has 0 saturated carbocycles. The van der Waals surface area contributed by atoms with Gasteiger partial charge in [-0.05, 0) is 18.8 Å². The second kappa shape index (κ2) is 4.31. The molecule has 1 aromatic heterocycles. The van der Waals surface area contributed by atoms with Crippen LogP contribution in [-0.4, -0.2) is 43.5 Å². The smallest absolute Gasteiger partial charge is 0.147 e. The Balaban J connectivity index is 1.64. The van der Waals surface area contributed by atoms with E-state index in [4.69, 9.17) is 0 Å². The van der Waals surface area contributed by atoms with Crippen molar-refractivity contribution in [1.29, 1.82) is 0 Å². The summed E-state index contributed by atoms with van der Waals surface area (Å²) >= 11 is 0. The van der Waals surface area contributed by atoms with Gasteiger partial charge in [-0.15, -0.1) is 10.2 Å². The molecule has 5 heteroatoms. The third-order valence-electron chi connectivity index (χ3n) is 4.37. The van der Waals surface area contributed by atoms with Gasteiger partial charge in [0.05, 0.1) is 12.1 Å². The standard InChI is InChI=1S/C13H22N4O/c1-10(2)13(18)8-16(9-13)7-12-15-14-11-5-3-4-6-17(11)12/h10,18H,3-9H2,1-2H3. The van der Waals surface area contributed by atoms with Crippen LogP contribution in [-0.2, 0) is 19.5 Å². The van der Waals surface area contributed by atoms with Crippen LogP contribution in [0.2, 0.25) is 0 Å². The van der Waals surface area contributed by atoms with Crippen LogP contribution in [0.5, 0.6) is 0 Å². The molecule has 18 heavy (non-hydrogen) atoms. The number of likely N-dealkylation sites (tertiary alicyclic amines) is 1. The van der Waals surface area contributed by atoms with Gasteiger partial charge >= 0.3 is 0 Å². The molecule has 0 radical (unpaired) electrons. The summed E-state index contributed by atoms with van der Waals surface area (Å²) in [5.74, 6) is 2.52. The van der Waals surface area contributed by atoms with Crippen LogP contribution >= 0.6 is 0 Å². The van der Waals surface area contributed by atoms with E-state index in [0.29, 0.717) is 5.92 Å². The first-order valence-electron chi connectivity index (χ1n) is 6.94. The number of aryl methyl sites for hydroxylation is 1. The first kappa shape index (κ1) is 12.1. The Hall–Kier alpha value is -0.940. The van der Waals surface area contributed by atoms with Gasteiger partial charge in [0, 0.05) is 26.1 Å². The molecule has 100 valence electrons. The Morgan fingerprint density at radius 3 is 2.78 bits per heavy atom. The lowest BCUT2D eigenvalue weighted by atomic mass is 9.83. The van der Waals surface area contributed by atoms with Crippen molar-refractivity contribution < 1.29 is 5.11 Å². The Labute approximate surface area is 108 Å². The molecule has 0 atom stereocenters. The first-order valence-corrected chi connectivity index (χ1v) is 6.94. The van der Waals surface area contributed by atoms with Crippen LogP contribution in [0.3, 0.4) is 0 Å². The number of rotatable bonds is 3. The van der Waals surface area contributed by atoms with Gasteiger partial charge in [-0.3, -0.25) is 4.90 Å². The van der Waals surface area contributed by atoms with Gasteiger partial charge < -0.3 is 9.67 Å². The molecule has 1 N–H and O–H groups in total. The summed E-state index contributed by atoms with van der Waals surface area (Å²) in [5.41, 5.74) is -0.495. The van der Waals surface area contributed by atoms with Crippen LogP contribution < -0.4 is 0 Å². The van der Waals surface area contributed by atoms with Gasteiger partial charge in [0.25, 0.3) is 0 Å². The molecule has 0 unspecified atom stereocenters. The molecule has 0 aromatic carbocycles. The van der Waals surface area contributed by atoms with Gasteiger partial charge in [0.15, 0.2) is 0 Å². The largest absolute Gasteiger partial charge is 0.387 e. The van der Waals surface area contributed by atoms with Gasteiger partial charge in [0.2, 0.25) is 0 Å². The molecule has 3 heterocycles. The highest BCUT2D eigenvalue weighted by Gasteiger charge is 2.43. The maximum Gasteiger partial charge on any atom is 0.147 e. The molecule has 0 bridgehead atoms. The summed E-state index contributed by atoms with van der Waals surface area (Å²) in [6.45, 7) is 7.55. The average Bonchev–Trinajstić information content (AvgIpc) is 2.70. The first-order chi connectivity index (χ1) is 8.58. The normalized spacial score (nSPS) is 22.9. The lowest BCUT2D eigenvalue weighted by Crippen LogP contribution is -2.64.